The van der Waals surface area contributed by atoms with E-state index in [2.05, 4.69) is 32.0 Å². The molecule has 106 valence electrons. The third-order valence-electron chi connectivity index (χ3n) is 3.92. The van der Waals surface area contributed by atoms with Crippen molar-refractivity contribution in [1.82, 2.24) is 0 Å². The molecule has 2 rings (SSSR count). The molecule has 1 aliphatic carbocycles. The molecule has 1 saturated carbocycles. The summed E-state index contributed by atoms with van der Waals surface area (Å²) in [5.41, 5.74) is 8.45. The van der Waals surface area contributed by atoms with Crippen molar-refractivity contribution in [1.29, 1.82) is 0 Å². The van der Waals surface area contributed by atoms with Crippen molar-refractivity contribution in [2.45, 2.75) is 70.9 Å². The summed E-state index contributed by atoms with van der Waals surface area (Å²) in [5, 5.41) is 0. The molecule has 2 nitrogen and oxygen atoms in total. The minimum absolute atomic E-state index is 0.179. The van der Waals surface area contributed by atoms with Gasteiger partial charge in [-0.1, -0.05) is 31.0 Å². The predicted molar refractivity (Wildman–Crippen MR) is 80.7 cm³/mol. The predicted octanol–water partition coefficient (Wildman–Crippen LogP) is 3.99. The van der Waals surface area contributed by atoms with Crippen molar-refractivity contribution >= 4 is 0 Å². The lowest BCUT2D eigenvalue weighted by atomic mass is 10.0. The zero-order valence-corrected chi connectivity index (χ0v) is 12.3. The van der Waals surface area contributed by atoms with Crippen LogP contribution in [0.1, 0.15) is 56.6 Å². The fourth-order valence-electron chi connectivity index (χ4n) is 2.92. The molecule has 1 aromatic carbocycles. The van der Waals surface area contributed by atoms with Gasteiger partial charge in [-0.3, -0.25) is 0 Å². The summed E-state index contributed by atoms with van der Waals surface area (Å²) in [6.07, 6.45) is 9.02. The van der Waals surface area contributed by atoms with Gasteiger partial charge in [-0.25, -0.2) is 0 Å². The van der Waals surface area contributed by atoms with Crippen molar-refractivity contribution < 1.29 is 4.74 Å². The van der Waals surface area contributed by atoms with E-state index in [0.29, 0.717) is 6.10 Å². The molecule has 0 bridgehead atoms. The minimum atomic E-state index is 0.179. The molecular weight excluding hydrogens is 234 g/mol. The van der Waals surface area contributed by atoms with E-state index in [1.54, 1.807) is 0 Å². The summed E-state index contributed by atoms with van der Waals surface area (Å²) in [6, 6.07) is 6.57. The van der Waals surface area contributed by atoms with Gasteiger partial charge in [0.25, 0.3) is 0 Å². The molecule has 0 heterocycles. The number of hydrogen-bond donors (Lipinski definition) is 1. The van der Waals surface area contributed by atoms with Crippen LogP contribution in [-0.2, 0) is 6.42 Å². The molecule has 0 aliphatic heterocycles. The summed E-state index contributed by atoms with van der Waals surface area (Å²) >= 11 is 0. The van der Waals surface area contributed by atoms with Crippen LogP contribution in [0.25, 0.3) is 0 Å². The van der Waals surface area contributed by atoms with Crippen LogP contribution in [0.2, 0.25) is 0 Å². The molecule has 0 radical (unpaired) electrons. The summed E-state index contributed by atoms with van der Waals surface area (Å²) < 4.78 is 6.34. The topological polar surface area (TPSA) is 35.2 Å². The molecule has 0 amide bonds. The first-order chi connectivity index (χ1) is 9.16. The van der Waals surface area contributed by atoms with Gasteiger partial charge in [0.2, 0.25) is 0 Å². The minimum Gasteiger partial charge on any atom is -0.490 e. The largest absolute Gasteiger partial charge is 0.490 e. The number of hydrogen-bond acceptors (Lipinski definition) is 2. The lowest BCUT2D eigenvalue weighted by molar-refractivity contribution is 0.180. The summed E-state index contributed by atoms with van der Waals surface area (Å²) in [5.74, 6) is 1.09. The molecule has 2 heteroatoms. The van der Waals surface area contributed by atoms with E-state index in [9.17, 15) is 0 Å². The van der Waals surface area contributed by atoms with Gasteiger partial charge in [-0.15, -0.1) is 0 Å². The Morgan fingerprint density at radius 2 is 1.89 bits per heavy atom. The fraction of sp³-hybridized carbons (Fsp3) is 0.647. The lowest BCUT2D eigenvalue weighted by Gasteiger charge is -2.22. The Morgan fingerprint density at radius 1 is 1.21 bits per heavy atom. The van der Waals surface area contributed by atoms with Crippen molar-refractivity contribution in [2.24, 2.45) is 5.73 Å². The van der Waals surface area contributed by atoms with Crippen LogP contribution < -0.4 is 10.5 Å². The van der Waals surface area contributed by atoms with E-state index in [-0.39, 0.29) is 6.04 Å². The maximum absolute atomic E-state index is 6.34. The average Bonchev–Trinajstić information content (AvgIpc) is 2.61. The Balaban J connectivity index is 2.12. The van der Waals surface area contributed by atoms with E-state index < -0.39 is 0 Å². The maximum atomic E-state index is 6.34. The Hall–Kier alpha value is -1.02. The van der Waals surface area contributed by atoms with Crippen LogP contribution >= 0.6 is 0 Å². The van der Waals surface area contributed by atoms with Crippen molar-refractivity contribution in [3.05, 3.63) is 29.3 Å². The van der Waals surface area contributed by atoms with Gasteiger partial charge < -0.3 is 10.5 Å². The molecule has 1 aromatic rings. The van der Waals surface area contributed by atoms with Gasteiger partial charge in [-0.2, -0.15) is 0 Å². The fourth-order valence-corrected chi connectivity index (χ4v) is 2.92. The average molecular weight is 261 g/mol. The Bertz CT molecular complexity index is 392. The van der Waals surface area contributed by atoms with Crippen molar-refractivity contribution in [2.75, 3.05) is 0 Å². The van der Waals surface area contributed by atoms with E-state index in [0.717, 1.165) is 12.2 Å². The first kappa shape index (κ1) is 14.4. The highest BCUT2D eigenvalue weighted by atomic mass is 16.5. The number of para-hydroxylation sites is 1. The standard InChI is InChI=1S/C17H27NO/c1-13-8-7-9-15(12-14(2)18)17(13)19-16-10-5-3-4-6-11-16/h7-9,14,16H,3-6,10-12,18H2,1-2H3. The van der Waals surface area contributed by atoms with Crippen molar-refractivity contribution in [3.8, 4) is 5.75 Å². The molecular formula is C17H27NO. The van der Waals surface area contributed by atoms with Gasteiger partial charge in [0.1, 0.15) is 5.75 Å². The molecule has 0 aromatic heterocycles. The van der Waals surface area contributed by atoms with Gasteiger partial charge in [0, 0.05) is 6.04 Å². The Labute approximate surface area is 117 Å². The Morgan fingerprint density at radius 3 is 2.53 bits per heavy atom. The van der Waals surface area contributed by atoms with E-state index in [1.165, 1.54) is 49.7 Å². The highest BCUT2D eigenvalue weighted by molar-refractivity contribution is 5.41. The Kier molecular flexibility index (Phi) is 5.26. The third kappa shape index (κ3) is 4.24. The van der Waals surface area contributed by atoms with Crippen LogP contribution in [0.15, 0.2) is 18.2 Å². The number of rotatable bonds is 4. The second-order valence-corrected chi connectivity index (χ2v) is 5.98. The number of aryl methyl sites for hydroxylation is 1. The molecule has 1 unspecified atom stereocenters. The monoisotopic (exact) mass is 261 g/mol. The van der Waals surface area contributed by atoms with Crippen LogP contribution in [0.4, 0.5) is 0 Å². The van der Waals surface area contributed by atoms with Crippen LogP contribution in [0, 0.1) is 6.92 Å². The lowest BCUT2D eigenvalue weighted by Crippen LogP contribution is -2.21. The normalized spacial score (nSPS) is 18.9. The molecule has 0 saturated heterocycles. The van der Waals surface area contributed by atoms with Crippen LogP contribution in [0.3, 0.4) is 0 Å². The first-order valence-corrected chi connectivity index (χ1v) is 7.67. The SMILES string of the molecule is Cc1cccc(CC(C)N)c1OC1CCCCCC1. The smallest absolute Gasteiger partial charge is 0.125 e. The zero-order chi connectivity index (χ0) is 13.7. The first-order valence-electron chi connectivity index (χ1n) is 7.67. The van der Waals surface area contributed by atoms with Crippen molar-refractivity contribution in [3.63, 3.8) is 0 Å². The van der Waals surface area contributed by atoms with Gasteiger partial charge in [0.05, 0.1) is 6.10 Å². The van der Waals surface area contributed by atoms with Gasteiger partial charge >= 0.3 is 0 Å². The molecule has 2 N–H and O–H groups in total. The molecule has 0 spiro atoms. The van der Waals surface area contributed by atoms with Crippen LogP contribution in [-0.4, -0.2) is 12.1 Å². The number of ether oxygens (including phenoxy) is 1. The quantitative estimate of drug-likeness (QED) is 0.832. The summed E-state index contributed by atoms with van der Waals surface area (Å²) in [4.78, 5) is 0. The van der Waals surface area contributed by atoms with E-state index in [4.69, 9.17) is 10.5 Å². The number of benzene rings is 1. The summed E-state index contributed by atoms with van der Waals surface area (Å²) in [6.45, 7) is 4.19. The zero-order valence-electron chi connectivity index (χ0n) is 12.3. The second kappa shape index (κ2) is 6.95. The van der Waals surface area contributed by atoms with Gasteiger partial charge in [-0.05, 0) is 57.1 Å². The maximum Gasteiger partial charge on any atom is 0.125 e. The number of nitrogens with two attached hydrogens (primary N) is 1. The third-order valence-corrected chi connectivity index (χ3v) is 3.92. The summed E-state index contributed by atoms with van der Waals surface area (Å²) in [7, 11) is 0. The molecule has 1 atom stereocenters. The molecule has 1 fully saturated rings. The van der Waals surface area contributed by atoms with Crippen LogP contribution in [0.5, 0.6) is 5.75 Å². The molecule has 19 heavy (non-hydrogen) atoms. The highest BCUT2D eigenvalue weighted by Gasteiger charge is 2.17. The van der Waals surface area contributed by atoms with E-state index in [1.807, 2.05) is 0 Å². The molecule has 1 aliphatic rings. The highest BCUT2D eigenvalue weighted by Crippen LogP contribution is 2.29. The van der Waals surface area contributed by atoms with E-state index >= 15 is 0 Å². The second-order valence-electron chi connectivity index (χ2n) is 5.98. The van der Waals surface area contributed by atoms with Gasteiger partial charge in [0.15, 0.2) is 0 Å².